The lowest BCUT2D eigenvalue weighted by molar-refractivity contribution is 0.0746. The summed E-state index contributed by atoms with van der Waals surface area (Å²) in [5.41, 5.74) is 1.41. The van der Waals surface area contributed by atoms with E-state index in [4.69, 9.17) is 0 Å². The Morgan fingerprint density at radius 2 is 1.90 bits per heavy atom. The van der Waals surface area contributed by atoms with Crippen LogP contribution in [0.1, 0.15) is 10.4 Å². The quantitative estimate of drug-likeness (QED) is 0.750. The fraction of sp³-hybridized carbons (Fsp3) is 0.381. The number of sulfone groups is 1. The van der Waals surface area contributed by atoms with Gasteiger partial charge in [-0.25, -0.2) is 13.4 Å². The van der Waals surface area contributed by atoms with Crippen LogP contribution in [0, 0.1) is 0 Å². The summed E-state index contributed by atoms with van der Waals surface area (Å²) in [6.07, 6.45) is 1.78. The lowest BCUT2D eigenvalue weighted by Crippen LogP contribution is -2.49. The van der Waals surface area contributed by atoms with Crippen molar-refractivity contribution >= 4 is 44.2 Å². The fourth-order valence-electron chi connectivity index (χ4n) is 4.13. The Morgan fingerprint density at radius 1 is 1.06 bits per heavy atom. The van der Waals surface area contributed by atoms with Gasteiger partial charge in [0, 0.05) is 48.9 Å². The molecule has 2 unspecified atom stereocenters. The van der Waals surface area contributed by atoms with Crippen molar-refractivity contribution in [2.75, 3.05) is 47.9 Å². The summed E-state index contributed by atoms with van der Waals surface area (Å²) >= 11 is 1.47. The van der Waals surface area contributed by atoms with Gasteiger partial charge in [-0.2, -0.15) is 0 Å². The minimum atomic E-state index is -2.97. The highest BCUT2D eigenvalue weighted by Gasteiger charge is 2.42. The number of nitrogens with zero attached hydrogens (tertiary/aromatic N) is 4. The van der Waals surface area contributed by atoms with Gasteiger partial charge in [-0.15, -0.1) is 0 Å². The molecule has 2 fully saturated rings. The molecule has 1 aromatic heterocycles. The van der Waals surface area contributed by atoms with Crippen LogP contribution in [0.15, 0.2) is 53.7 Å². The van der Waals surface area contributed by atoms with Crippen molar-refractivity contribution in [3.63, 3.8) is 0 Å². The van der Waals surface area contributed by atoms with Crippen LogP contribution in [0.2, 0.25) is 0 Å². The van der Waals surface area contributed by atoms with Gasteiger partial charge in [-0.1, -0.05) is 23.9 Å². The maximum atomic E-state index is 13.0. The van der Waals surface area contributed by atoms with E-state index in [0.717, 1.165) is 29.8 Å². The van der Waals surface area contributed by atoms with Gasteiger partial charge in [-0.3, -0.25) is 9.79 Å². The molecule has 8 nitrogen and oxygen atoms in total. The van der Waals surface area contributed by atoms with Crippen molar-refractivity contribution in [3.8, 4) is 0 Å². The largest absolute Gasteiger partial charge is 0.353 e. The van der Waals surface area contributed by atoms with Gasteiger partial charge in [0.2, 0.25) is 0 Å². The second-order valence-corrected chi connectivity index (χ2v) is 11.3. The number of hydrogen-bond donors (Lipinski definition) is 1. The Kier molecular flexibility index (Phi) is 5.35. The number of carbonyl (C=O) groups is 1. The van der Waals surface area contributed by atoms with Gasteiger partial charge in [0.05, 0.1) is 17.5 Å². The van der Waals surface area contributed by atoms with Gasteiger partial charge in [0.15, 0.2) is 15.0 Å². The van der Waals surface area contributed by atoms with Gasteiger partial charge in [0.1, 0.15) is 5.82 Å². The Balaban J connectivity index is 1.21. The average Bonchev–Trinajstić information content (AvgIpc) is 3.26. The highest BCUT2D eigenvalue weighted by Crippen LogP contribution is 2.34. The van der Waals surface area contributed by atoms with Crippen LogP contribution in [0.3, 0.4) is 0 Å². The normalized spacial score (nSPS) is 24.6. The number of fused-ring (bicyclic) bond motifs is 1. The van der Waals surface area contributed by atoms with Crippen molar-refractivity contribution in [2.24, 2.45) is 4.99 Å². The number of hydrogen-bond acceptors (Lipinski definition) is 8. The minimum Gasteiger partial charge on any atom is -0.353 e. The number of amides is 1. The van der Waals surface area contributed by atoms with Crippen LogP contribution >= 0.6 is 11.8 Å². The molecule has 1 N–H and O–H groups in total. The molecule has 2 aromatic rings. The third-order valence-corrected chi connectivity index (χ3v) is 8.86. The Morgan fingerprint density at radius 3 is 2.65 bits per heavy atom. The first-order valence-corrected chi connectivity index (χ1v) is 12.9. The van der Waals surface area contributed by atoms with Crippen LogP contribution in [-0.4, -0.2) is 78.4 Å². The minimum absolute atomic E-state index is 0.00675. The van der Waals surface area contributed by atoms with Crippen molar-refractivity contribution in [1.82, 2.24) is 9.88 Å². The number of rotatable bonds is 3. The van der Waals surface area contributed by atoms with E-state index in [1.54, 1.807) is 6.20 Å². The molecule has 1 aromatic carbocycles. The first kappa shape index (κ1) is 20.3. The Hall–Kier alpha value is -2.59. The molecule has 31 heavy (non-hydrogen) atoms. The summed E-state index contributed by atoms with van der Waals surface area (Å²) in [5, 5.41) is 3.97. The van der Waals surface area contributed by atoms with E-state index >= 15 is 0 Å². The number of aromatic nitrogens is 1. The smallest absolute Gasteiger partial charge is 0.254 e. The van der Waals surface area contributed by atoms with Gasteiger partial charge in [0.25, 0.3) is 5.91 Å². The molecule has 3 aliphatic rings. The third kappa shape index (κ3) is 4.40. The summed E-state index contributed by atoms with van der Waals surface area (Å²) in [6, 6.07) is 13.1. The number of thioether (sulfide) groups is 1. The van der Waals surface area contributed by atoms with Gasteiger partial charge in [-0.05, 0) is 30.3 Å². The monoisotopic (exact) mass is 457 g/mol. The SMILES string of the molecule is O=C(c1cccc(NC2=NC3CS(=O)(=O)CC3S2)c1)N1CCN(c2ccccn2)CC1. The molecular weight excluding hydrogens is 434 g/mol. The highest BCUT2D eigenvalue weighted by molar-refractivity contribution is 8.15. The summed E-state index contributed by atoms with van der Waals surface area (Å²) in [4.78, 5) is 26.0. The number of nitrogens with one attached hydrogen (secondary N) is 1. The second-order valence-electron chi connectivity index (χ2n) is 7.91. The van der Waals surface area contributed by atoms with E-state index in [2.05, 4.69) is 20.2 Å². The van der Waals surface area contributed by atoms with E-state index in [1.807, 2.05) is 47.4 Å². The number of pyridine rings is 1. The molecule has 5 rings (SSSR count). The summed E-state index contributed by atoms with van der Waals surface area (Å²) < 4.78 is 23.5. The topological polar surface area (TPSA) is 95.0 Å². The predicted octanol–water partition coefficient (Wildman–Crippen LogP) is 1.72. The maximum Gasteiger partial charge on any atom is 0.254 e. The maximum absolute atomic E-state index is 13.0. The van der Waals surface area contributed by atoms with Crippen LogP contribution in [0.4, 0.5) is 11.5 Å². The van der Waals surface area contributed by atoms with Crippen molar-refractivity contribution in [1.29, 1.82) is 0 Å². The van der Waals surface area contributed by atoms with E-state index in [-0.39, 0.29) is 28.7 Å². The predicted molar refractivity (Wildman–Crippen MR) is 124 cm³/mol. The Labute approximate surface area is 185 Å². The first-order chi connectivity index (χ1) is 15.0. The molecule has 162 valence electrons. The summed E-state index contributed by atoms with van der Waals surface area (Å²) in [6.45, 7) is 2.79. The lowest BCUT2D eigenvalue weighted by atomic mass is 10.1. The molecule has 0 bridgehead atoms. The fourth-order valence-corrected chi connectivity index (χ4v) is 7.81. The second kappa shape index (κ2) is 8.16. The number of benzene rings is 1. The molecule has 4 heterocycles. The zero-order chi connectivity index (χ0) is 21.4. The first-order valence-electron chi connectivity index (χ1n) is 10.2. The standard InChI is InChI=1S/C21H23N5O3S2/c27-20(26-10-8-25(9-11-26)19-6-1-2-7-22-19)15-4-3-5-16(12-15)23-21-24-17-13-31(28,29)14-18(17)30-21/h1-7,12,17-18H,8-11,13-14H2,(H,23,24). The molecular formula is C21H23N5O3S2. The van der Waals surface area contributed by atoms with Crippen molar-refractivity contribution < 1.29 is 13.2 Å². The van der Waals surface area contributed by atoms with Crippen LogP contribution < -0.4 is 10.2 Å². The van der Waals surface area contributed by atoms with Gasteiger partial charge >= 0.3 is 0 Å². The zero-order valence-corrected chi connectivity index (χ0v) is 18.5. The molecule has 10 heteroatoms. The van der Waals surface area contributed by atoms with E-state index in [1.165, 1.54) is 11.8 Å². The number of aliphatic imine (C=N–C) groups is 1. The van der Waals surface area contributed by atoms with E-state index in [0.29, 0.717) is 18.7 Å². The molecule has 0 radical (unpaired) electrons. The zero-order valence-electron chi connectivity index (χ0n) is 16.8. The summed E-state index contributed by atoms with van der Waals surface area (Å²) in [7, 11) is -2.97. The molecule has 1 amide bonds. The number of anilines is 2. The van der Waals surface area contributed by atoms with E-state index < -0.39 is 9.84 Å². The third-order valence-electron chi connectivity index (χ3n) is 5.72. The molecule has 0 spiro atoms. The average molecular weight is 458 g/mol. The lowest BCUT2D eigenvalue weighted by Gasteiger charge is -2.35. The van der Waals surface area contributed by atoms with Crippen LogP contribution in [0.5, 0.6) is 0 Å². The summed E-state index contributed by atoms with van der Waals surface area (Å²) in [5.74, 6) is 1.25. The highest BCUT2D eigenvalue weighted by atomic mass is 32.2. The van der Waals surface area contributed by atoms with Crippen molar-refractivity contribution in [3.05, 3.63) is 54.2 Å². The Bertz CT molecular complexity index is 1110. The van der Waals surface area contributed by atoms with Crippen LogP contribution in [0.25, 0.3) is 0 Å². The van der Waals surface area contributed by atoms with Crippen LogP contribution in [-0.2, 0) is 9.84 Å². The van der Waals surface area contributed by atoms with E-state index in [9.17, 15) is 13.2 Å². The van der Waals surface area contributed by atoms with Gasteiger partial charge < -0.3 is 15.1 Å². The number of piperazine rings is 1. The number of amidine groups is 1. The number of carbonyl (C=O) groups excluding carboxylic acids is 1. The molecule has 3 aliphatic heterocycles. The van der Waals surface area contributed by atoms with Crippen molar-refractivity contribution in [2.45, 2.75) is 11.3 Å². The molecule has 0 saturated carbocycles. The molecule has 2 atom stereocenters. The molecule has 0 aliphatic carbocycles. The molecule has 2 saturated heterocycles.